The van der Waals surface area contributed by atoms with Gasteiger partial charge in [0.15, 0.2) is 0 Å². The highest BCUT2D eigenvalue weighted by atomic mass is 16.3. The summed E-state index contributed by atoms with van der Waals surface area (Å²) in [6.45, 7) is 0.967. The van der Waals surface area contributed by atoms with Gasteiger partial charge in [0.05, 0.1) is 17.8 Å². The molecule has 3 aromatic rings. The predicted octanol–water partition coefficient (Wildman–Crippen LogP) is 2.39. The van der Waals surface area contributed by atoms with Crippen LogP contribution in [0.5, 0.6) is 0 Å². The number of carbonyl (C=O) groups is 1. The van der Waals surface area contributed by atoms with E-state index in [4.69, 9.17) is 4.42 Å². The third-order valence-electron chi connectivity index (χ3n) is 4.15. The predicted molar refractivity (Wildman–Crippen MR) is 79.9 cm³/mol. The molecule has 4 rings (SSSR count). The molecule has 0 bridgehead atoms. The van der Waals surface area contributed by atoms with Crippen LogP contribution in [0, 0.1) is 0 Å². The number of hydrogen-bond donors (Lipinski definition) is 0. The van der Waals surface area contributed by atoms with Gasteiger partial charge in [-0.2, -0.15) is 0 Å². The summed E-state index contributed by atoms with van der Waals surface area (Å²) in [7, 11) is 0. The molecule has 1 atom stereocenters. The first-order valence-electron chi connectivity index (χ1n) is 7.44. The van der Waals surface area contributed by atoms with Crippen LogP contribution in [0.2, 0.25) is 0 Å². The van der Waals surface area contributed by atoms with Crippen LogP contribution in [0.15, 0.2) is 47.1 Å². The first kappa shape index (κ1) is 13.1. The van der Waals surface area contributed by atoms with E-state index in [0.29, 0.717) is 0 Å². The summed E-state index contributed by atoms with van der Waals surface area (Å²) in [6.07, 6.45) is 3.59. The molecule has 1 aromatic carbocycles. The summed E-state index contributed by atoms with van der Waals surface area (Å²) in [5.74, 6) is 0.906. The maximum Gasteiger partial charge on any atom is 0.245 e. The number of amides is 1. The summed E-state index contributed by atoms with van der Waals surface area (Å²) in [4.78, 5) is 14.5. The third kappa shape index (κ3) is 2.16. The lowest BCUT2D eigenvalue weighted by Crippen LogP contribution is -2.33. The molecule has 6 heteroatoms. The normalized spacial score (nSPS) is 18.2. The highest BCUT2D eigenvalue weighted by Gasteiger charge is 2.31. The van der Waals surface area contributed by atoms with Crippen LogP contribution in [0.3, 0.4) is 0 Å². The van der Waals surface area contributed by atoms with Crippen LogP contribution in [0.1, 0.15) is 24.6 Å². The van der Waals surface area contributed by atoms with Crippen molar-refractivity contribution in [2.75, 3.05) is 6.54 Å². The Labute approximate surface area is 127 Å². The molecule has 1 aliphatic heterocycles. The van der Waals surface area contributed by atoms with Crippen molar-refractivity contribution in [3.05, 3.63) is 48.4 Å². The molecule has 22 heavy (non-hydrogen) atoms. The van der Waals surface area contributed by atoms with Crippen molar-refractivity contribution in [2.45, 2.75) is 25.4 Å². The van der Waals surface area contributed by atoms with Crippen molar-refractivity contribution in [3.8, 4) is 0 Å². The minimum Gasteiger partial charge on any atom is -0.467 e. The quantitative estimate of drug-likeness (QED) is 0.744. The van der Waals surface area contributed by atoms with Gasteiger partial charge in [-0.3, -0.25) is 4.79 Å². The Morgan fingerprint density at radius 3 is 3.05 bits per heavy atom. The van der Waals surface area contributed by atoms with Crippen molar-refractivity contribution in [2.24, 2.45) is 0 Å². The van der Waals surface area contributed by atoms with Crippen LogP contribution < -0.4 is 0 Å². The number of rotatable bonds is 3. The van der Waals surface area contributed by atoms with E-state index in [1.165, 1.54) is 0 Å². The summed E-state index contributed by atoms with van der Waals surface area (Å²) in [6, 6.07) is 11.5. The molecule has 0 radical (unpaired) electrons. The third-order valence-corrected chi connectivity index (χ3v) is 4.15. The van der Waals surface area contributed by atoms with Gasteiger partial charge in [0, 0.05) is 6.54 Å². The molecule has 1 aliphatic rings. The summed E-state index contributed by atoms with van der Waals surface area (Å²) in [5, 5.41) is 8.18. The van der Waals surface area contributed by atoms with E-state index in [0.717, 1.165) is 36.2 Å². The molecule has 6 nitrogen and oxygen atoms in total. The molecule has 3 heterocycles. The summed E-state index contributed by atoms with van der Waals surface area (Å²) in [5.41, 5.74) is 1.68. The largest absolute Gasteiger partial charge is 0.467 e. The lowest BCUT2D eigenvalue weighted by molar-refractivity contribution is -0.133. The molecule has 1 fully saturated rings. The van der Waals surface area contributed by atoms with E-state index in [9.17, 15) is 4.79 Å². The first-order chi connectivity index (χ1) is 10.8. The minimum absolute atomic E-state index is 0.0392. The van der Waals surface area contributed by atoms with E-state index >= 15 is 0 Å². The van der Waals surface area contributed by atoms with Crippen LogP contribution in [-0.2, 0) is 11.3 Å². The van der Waals surface area contributed by atoms with E-state index in [1.54, 1.807) is 10.9 Å². The van der Waals surface area contributed by atoms with E-state index in [2.05, 4.69) is 10.3 Å². The Kier molecular flexibility index (Phi) is 3.14. The Morgan fingerprint density at radius 2 is 2.18 bits per heavy atom. The zero-order chi connectivity index (χ0) is 14.9. The molecular weight excluding hydrogens is 280 g/mol. The van der Waals surface area contributed by atoms with Gasteiger partial charge in [0.1, 0.15) is 17.8 Å². The number of carbonyl (C=O) groups excluding carboxylic acids is 1. The topological polar surface area (TPSA) is 64.2 Å². The fourth-order valence-corrected chi connectivity index (χ4v) is 3.09. The highest BCUT2D eigenvalue weighted by molar-refractivity contribution is 5.80. The number of hydrogen-bond acceptors (Lipinski definition) is 4. The smallest absolute Gasteiger partial charge is 0.245 e. The van der Waals surface area contributed by atoms with E-state index < -0.39 is 0 Å². The SMILES string of the molecule is O=C(Cn1nnc2ccccc21)N1CCCC1c1ccco1. The maximum atomic E-state index is 12.7. The number of fused-ring (bicyclic) bond motifs is 1. The van der Waals surface area contributed by atoms with Gasteiger partial charge in [-0.25, -0.2) is 4.68 Å². The van der Waals surface area contributed by atoms with Crippen LogP contribution >= 0.6 is 0 Å². The lowest BCUT2D eigenvalue weighted by atomic mass is 10.1. The number of benzene rings is 1. The monoisotopic (exact) mass is 296 g/mol. The van der Waals surface area contributed by atoms with Crippen LogP contribution in [0.25, 0.3) is 11.0 Å². The van der Waals surface area contributed by atoms with Crippen LogP contribution in [-0.4, -0.2) is 32.3 Å². The average Bonchev–Trinajstić information content (AvgIpc) is 3.27. The summed E-state index contributed by atoms with van der Waals surface area (Å²) < 4.78 is 7.14. The zero-order valence-electron chi connectivity index (χ0n) is 12.1. The molecule has 0 spiro atoms. The molecule has 1 unspecified atom stereocenters. The van der Waals surface area contributed by atoms with Gasteiger partial charge < -0.3 is 9.32 Å². The minimum atomic E-state index is 0.0392. The van der Waals surface area contributed by atoms with Crippen molar-refractivity contribution >= 4 is 16.9 Å². The van der Waals surface area contributed by atoms with Gasteiger partial charge in [-0.15, -0.1) is 5.10 Å². The fraction of sp³-hybridized carbons (Fsp3) is 0.312. The Morgan fingerprint density at radius 1 is 1.27 bits per heavy atom. The van der Waals surface area contributed by atoms with E-state index in [1.807, 2.05) is 41.3 Å². The molecule has 112 valence electrons. The fourth-order valence-electron chi connectivity index (χ4n) is 3.09. The van der Waals surface area contributed by atoms with Crippen molar-refractivity contribution in [3.63, 3.8) is 0 Å². The summed E-state index contributed by atoms with van der Waals surface area (Å²) >= 11 is 0. The second-order valence-electron chi connectivity index (χ2n) is 5.50. The molecule has 0 aliphatic carbocycles. The Bertz CT molecular complexity index is 793. The van der Waals surface area contributed by atoms with Crippen LogP contribution in [0.4, 0.5) is 0 Å². The standard InChI is InChI=1S/C16H16N4O2/c21-16(11-20-13-6-2-1-5-12(13)17-18-20)19-9-3-7-14(19)15-8-4-10-22-15/h1-2,4-6,8,10,14H,3,7,9,11H2. The number of likely N-dealkylation sites (tertiary alicyclic amines) is 1. The zero-order valence-corrected chi connectivity index (χ0v) is 12.1. The Hall–Kier alpha value is -2.63. The lowest BCUT2D eigenvalue weighted by Gasteiger charge is -2.23. The highest BCUT2D eigenvalue weighted by Crippen LogP contribution is 2.32. The second-order valence-corrected chi connectivity index (χ2v) is 5.50. The number of para-hydroxylation sites is 1. The van der Waals surface area contributed by atoms with Gasteiger partial charge in [-0.1, -0.05) is 17.3 Å². The van der Waals surface area contributed by atoms with Crippen molar-refractivity contribution in [1.82, 2.24) is 19.9 Å². The molecule has 2 aromatic heterocycles. The number of furan rings is 1. The van der Waals surface area contributed by atoms with Gasteiger partial charge in [0.2, 0.25) is 5.91 Å². The maximum absolute atomic E-state index is 12.7. The number of nitrogens with zero attached hydrogens (tertiary/aromatic N) is 4. The molecule has 0 N–H and O–H groups in total. The molecule has 1 amide bonds. The van der Waals surface area contributed by atoms with E-state index in [-0.39, 0.29) is 18.5 Å². The van der Waals surface area contributed by atoms with Gasteiger partial charge in [0.25, 0.3) is 0 Å². The Balaban J connectivity index is 1.57. The average molecular weight is 296 g/mol. The number of aromatic nitrogens is 3. The second kappa shape index (κ2) is 5.29. The molecule has 0 saturated carbocycles. The van der Waals surface area contributed by atoms with Gasteiger partial charge in [-0.05, 0) is 37.1 Å². The van der Waals surface area contributed by atoms with Gasteiger partial charge >= 0.3 is 0 Å². The first-order valence-corrected chi connectivity index (χ1v) is 7.44. The molecular formula is C16H16N4O2. The molecule has 1 saturated heterocycles. The van der Waals surface area contributed by atoms with Crippen molar-refractivity contribution < 1.29 is 9.21 Å². The van der Waals surface area contributed by atoms with Crippen molar-refractivity contribution in [1.29, 1.82) is 0 Å².